The van der Waals surface area contributed by atoms with E-state index < -0.39 is 17.2 Å². The maximum atomic E-state index is 15.2. The number of halogens is 2. The van der Waals surface area contributed by atoms with Gasteiger partial charge in [0.1, 0.15) is 11.3 Å². The van der Waals surface area contributed by atoms with Crippen molar-refractivity contribution in [3.63, 3.8) is 0 Å². The SMILES string of the molecule is COc1c(N2CC(C)NC(C)C2)c(F)cc2c(=O)c(C(=O)O)cn(C3CC3)c12.Cl.O. The van der Waals surface area contributed by atoms with Crippen molar-refractivity contribution >= 4 is 35.0 Å². The molecule has 1 aliphatic heterocycles. The molecule has 4 rings (SSSR count). The normalized spacial score (nSPS) is 21.0. The molecule has 1 saturated carbocycles. The summed E-state index contributed by atoms with van der Waals surface area (Å²) in [4.78, 5) is 26.2. The number of ether oxygens (including phenoxy) is 1. The van der Waals surface area contributed by atoms with Crippen molar-refractivity contribution in [2.75, 3.05) is 25.1 Å². The number of piperazine rings is 1. The Morgan fingerprint density at radius 1 is 1.27 bits per heavy atom. The van der Waals surface area contributed by atoms with E-state index in [-0.39, 0.29) is 52.7 Å². The molecule has 0 amide bonds. The molecule has 0 bridgehead atoms. The smallest absolute Gasteiger partial charge is 0.341 e. The molecular formula is C20H27ClFN3O5. The van der Waals surface area contributed by atoms with Crippen molar-refractivity contribution in [2.45, 2.75) is 44.8 Å². The van der Waals surface area contributed by atoms with Crippen LogP contribution in [0, 0.1) is 5.82 Å². The molecule has 2 heterocycles. The van der Waals surface area contributed by atoms with E-state index in [0.717, 1.165) is 18.9 Å². The maximum Gasteiger partial charge on any atom is 0.341 e. The Balaban J connectivity index is 0.00000160. The number of carbonyl (C=O) groups is 1. The Morgan fingerprint density at radius 2 is 1.87 bits per heavy atom. The third-order valence-electron chi connectivity index (χ3n) is 5.45. The number of hydrogen-bond donors (Lipinski definition) is 2. The zero-order chi connectivity index (χ0) is 20.2. The van der Waals surface area contributed by atoms with Crippen LogP contribution in [0.15, 0.2) is 17.1 Å². The molecule has 1 aliphatic carbocycles. The molecular weight excluding hydrogens is 417 g/mol. The predicted octanol–water partition coefficient (Wildman–Crippen LogP) is 1.97. The van der Waals surface area contributed by atoms with Crippen molar-refractivity contribution in [2.24, 2.45) is 0 Å². The standard InChI is InChI=1S/C20H24FN3O4.ClH.H2O/c1-10-7-23(8-11(2)22-10)17-15(21)6-13-16(19(17)28-3)24(12-4-5-12)9-14(18(13)25)20(26)27;;/h6,9-12,22H,4-5,7-8H2,1-3H3,(H,26,27);1H;1H2. The van der Waals surface area contributed by atoms with Crippen LogP contribution in [0.5, 0.6) is 5.75 Å². The van der Waals surface area contributed by atoms with Gasteiger partial charge < -0.3 is 30.1 Å². The Bertz CT molecular complexity index is 1010. The fourth-order valence-corrected chi connectivity index (χ4v) is 4.23. The minimum absolute atomic E-state index is 0. The molecule has 0 spiro atoms. The van der Waals surface area contributed by atoms with Gasteiger partial charge >= 0.3 is 5.97 Å². The van der Waals surface area contributed by atoms with Gasteiger partial charge in [-0.05, 0) is 32.8 Å². The van der Waals surface area contributed by atoms with Crippen molar-refractivity contribution in [1.29, 1.82) is 0 Å². The quantitative estimate of drug-likeness (QED) is 0.746. The van der Waals surface area contributed by atoms with Crippen LogP contribution in [-0.4, -0.2) is 53.4 Å². The molecule has 1 aromatic carbocycles. The summed E-state index contributed by atoms with van der Waals surface area (Å²) in [7, 11) is 1.46. The van der Waals surface area contributed by atoms with Crippen LogP contribution in [0.2, 0.25) is 0 Å². The second kappa shape index (κ2) is 8.79. The molecule has 1 aromatic heterocycles. The van der Waals surface area contributed by atoms with E-state index in [1.54, 1.807) is 4.57 Å². The van der Waals surface area contributed by atoms with Crippen LogP contribution in [0.1, 0.15) is 43.1 Å². The molecule has 2 aliphatic rings. The number of rotatable bonds is 4. The number of hydrogen-bond acceptors (Lipinski definition) is 5. The van der Waals surface area contributed by atoms with Crippen LogP contribution < -0.4 is 20.4 Å². The van der Waals surface area contributed by atoms with Gasteiger partial charge in [-0.25, -0.2) is 9.18 Å². The van der Waals surface area contributed by atoms with Gasteiger partial charge in [0.05, 0.1) is 18.0 Å². The Morgan fingerprint density at radius 3 is 2.37 bits per heavy atom. The van der Waals surface area contributed by atoms with Gasteiger partial charge in [0.15, 0.2) is 11.6 Å². The second-order valence-electron chi connectivity index (χ2n) is 7.83. The van der Waals surface area contributed by atoms with E-state index in [1.807, 2.05) is 18.7 Å². The van der Waals surface area contributed by atoms with Gasteiger partial charge in [-0.2, -0.15) is 0 Å². The van der Waals surface area contributed by atoms with Gasteiger partial charge in [-0.1, -0.05) is 0 Å². The minimum atomic E-state index is -1.31. The lowest BCUT2D eigenvalue weighted by molar-refractivity contribution is 0.0694. The van der Waals surface area contributed by atoms with Gasteiger partial charge in [0, 0.05) is 37.4 Å². The molecule has 166 valence electrons. The first-order valence-corrected chi connectivity index (χ1v) is 9.51. The van der Waals surface area contributed by atoms with Crippen LogP contribution >= 0.6 is 12.4 Å². The third-order valence-corrected chi connectivity index (χ3v) is 5.45. The van der Waals surface area contributed by atoms with Gasteiger partial charge in [-0.3, -0.25) is 4.79 Å². The molecule has 2 fully saturated rings. The molecule has 2 aromatic rings. The summed E-state index contributed by atoms with van der Waals surface area (Å²) in [6.45, 7) is 5.27. The van der Waals surface area contributed by atoms with Crippen LogP contribution in [-0.2, 0) is 0 Å². The molecule has 10 heteroatoms. The number of benzene rings is 1. The van der Waals surface area contributed by atoms with Crippen molar-refractivity contribution < 1.29 is 24.5 Å². The third kappa shape index (κ3) is 3.97. The lowest BCUT2D eigenvalue weighted by Gasteiger charge is -2.38. The summed E-state index contributed by atoms with van der Waals surface area (Å²) in [6, 6.07) is 1.60. The first kappa shape index (κ1) is 23.9. The number of pyridine rings is 1. The highest BCUT2D eigenvalue weighted by Gasteiger charge is 2.32. The number of anilines is 1. The van der Waals surface area contributed by atoms with Crippen molar-refractivity contribution in [3.8, 4) is 5.75 Å². The van der Waals surface area contributed by atoms with E-state index >= 15 is 4.39 Å². The highest BCUT2D eigenvalue weighted by Crippen LogP contribution is 2.43. The lowest BCUT2D eigenvalue weighted by atomic mass is 10.1. The van der Waals surface area contributed by atoms with Crippen LogP contribution in [0.25, 0.3) is 10.9 Å². The molecule has 30 heavy (non-hydrogen) atoms. The number of carboxylic acid groups (broad SMARTS) is 1. The molecule has 8 nitrogen and oxygen atoms in total. The summed E-state index contributed by atoms with van der Waals surface area (Å²) in [6.07, 6.45) is 3.14. The summed E-state index contributed by atoms with van der Waals surface area (Å²) in [5.74, 6) is -1.60. The fourth-order valence-electron chi connectivity index (χ4n) is 4.23. The summed E-state index contributed by atoms with van der Waals surface area (Å²) in [5.41, 5.74) is -0.245. The number of methoxy groups -OCH3 is 1. The average molecular weight is 444 g/mol. The summed E-state index contributed by atoms with van der Waals surface area (Å²) in [5, 5.41) is 12.9. The number of aromatic carboxylic acids is 1. The van der Waals surface area contributed by atoms with E-state index in [2.05, 4.69) is 5.32 Å². The Labute approximate surface area is 179 Å². The van der Waals surface area contributed by atoms with Crippen molar-refractivity contribution in [1.82, 2.24) is 9.88 Å². The first-order chi connectivity index (χ1) is 13.3. The van der Waals surface area contributed by atoms with Crippen LogP contribution in [0.4, 0.5) is 10.1 Å². The highest BCUT2D eigenvalue weighted by molar-refractivity contribution is 5.97. The fraction of sp³-hybridized carbons (Fsp3) is 0.500. The monoisotopic (exact) mass is 443 g/mol. The summed E-state index contributed by atoms with van der Waals surface area (Å²) < 4.78 is 22.6. The molecule has 0 radical (unpaired) electrons. The number of aromatic nitrogens is 1. The van der Waals surface area contributed by atoms with Crippen LogP contribution in [0.3, 0.4) is 0 Å². The molecule has 4 N–H and O–H groups in total. The highest BCUT2D eigenvalue weighted by atomic mass is 35.5. The average Bonchev–Trinajstić information content (AvgIpc) is 3.45. The Hall–Kier alpha value is -2.36. The van der Waals surface area contributed by atoms with E-state index in [1.165, 1.54) is 13.3 Å². The van der Waals surface area contributed by atoms with E-state index in [0.29, 0.717) is 24.3 Å². The zero-order valence-corrected chi connectivity index (χ0v) is 17.9. The zero-order valence-electron chi connectivity index (χ0n) is 17.1. The van der Waals surface area contributed by atoms with E-state index in [9.17, 15) is 14.7 Å². The van der Waals surface area contributed by atoms with Gasteiger partial charge in [-0.15, -0.1) is 12.4 Å². The molecule has 2 unspecified atom stereocenters. The van der Waals surface area contributed by atoms with Gasteiger partial charge in [0.2, 0.25) is 5.43 Å². The number of carboxylic acids is 1. The van der Waals surface area contributed by atoms with E-state index in [4.69, 9.17) is 4.74 Å². The van der Waals surface area contributed by atoms with Crippen molar-refractivity contribution in [3.05, 3.63) is 33.9 Å². The number of nitrogens with one attached hydrogen (secondary N) is 1. The topological polar surface area (TPSA) is 115 Å². The Kier molecular flexibility index (Phi) is 7.01. The van der Waals surface area contributed by atoms with Gasteiger partial charge in [0.25, 0.3) is 0 Å². The minimum Gasteiger partial charge on any atom is -0.492 e. The molecule has 2 atom stereocenters. The number of nitrogens with zero attached hydrogens (tertiary/aromatic N) is 2. The second-order valence-corrected chi connectivity index (χ2v) is 7.83. The number of fused-ring (bicyclic) bond motifs is 1. The maximum absolute atomic E-state index is 15.2. The first-order valence-electron chi connectivity index (χ1n) is 9.51. The lowest BCUT2D eigenvalue weighted by Crippen LogP contribution is -2.54. The summed E-state index contributed by atoms with van der Waals surface area (Å²) >= 11 is 0. The molecule has 1 saturated heterocycles. The largest absolute Gasteiger partial charge is 0.492 e. The predicted molar refractivity (Wildman–Crippen MR) is 115 cm³/mol.